The minimum Gasteiger partial charge on any atom is -0.444 e. The Labute approximate surface area is 429 Å². The van der Waals surface area contributed by atoms with Crippen LogP contribution < -0.4 is 32.7 Å². The van der Waals surface area contributed by atoms with Crippen molar-refractivity contribution >= 4 is 83.2 Å². The number of rotatable bonds is 28. The van der Waals surface area contributed by atoms with E-state index in [-0.39, 0.29) is 98.5 Å². The second-order valence-corrected chi connectivity index (χ2v) is 19.2. The standard InChI is InChI=1S/C26H48N6O7.C20H26N4O11/c1-18(23(27)36)10-6-8-13-29-20(33)16-32(22(35)12-15-31-25(38)39-26(3,4)5)17-21(34)30-14-9-7-11-19(2)24(28)37;1-20(2,3)33-19(32)21-9-8-12(25)22(10-17(30)34-23-13(26)4-5-14(23)27)11-18(31)35-24-15(28)6-7-16(24)29/h18-19H,6-17H2,1-5H3,(H2,27,36)(H2,28,37)(H,29,33)(H,30,34)(H,31,38);4-11H2,1-3H3,(H,21,32). The van der Waals surface area contributed by atoms with Crippen molar-refractivity contribution < 1.29 is 86.3 Å². The van der Waals surface area contributed by atoms with Crippen LogP contribution in [0.2, 0.25) is 0 Å². The molecule has 2 atom stereocenters. The number of alkyl carbamates (subject to hydrolysis) is 2. The summed E-state index contributed by atoms with van der Waals surface area (Å²) in [7, 11) is 0. The monoisotopic (exact) mass is 1050 g/mol. The van der Waals surface area contributed by atoms with Gasteiger partial charge in [-0.05, 0) is 67.2 Å². The number of nitrogens with two attached hydrogens (primary N) is 2. The lowest BCUT2D eigenvalue weighted by molar-refractivity contribution is -0.201. The predicted octanol–water partition coefficient (Wildman–Crippen LogP) is -0.510. The van der Waals surface area contributed by atoms with Gasteiger partial charge in [0.15, 0.2) is 0 Å². The van der Waals surface area contributed by atoms with E-state index in [0.29, 0.717) is 56.5 Å². The van der Waals surface area contributed by atoms with E-state index in [1.54, 1.807) is 55.4 Å². The third-order valence-corrected chi connectivity index (χ3v) is 10.2. The van der Waals surface area contributed by atoms with Crippen LogP contribution >= 0.6 is 0 Å². The van der Waals surface area contributed by atoms with Crippen LogP contribution in [-0.4, -0.2) is 167 Å². The Balaban J connectivity index is 0.000000743. The summed E-state index contributed by atoms with van der Waals surface area (Å²) in [5.41, 5.74) is 9.02. The quantitative estimate of drug-likeness (QED) is 0.0424. The largest absolute Gasteiger partial charge is 0.444 e. The van der Waals surface area contributed by atoms with E-state index in [4.69, 9.17) is 30.6 Å². The van der Waals surface area contributed by atoms with Gasteiger partial charge < -0.3 is 61.7 Å². The number of ether oxygens (including phenoxy) is 2. The van der Waals surface area contributed by atoms with Gasteiger partial charge in [0.1, 0.15) is 37.4 Å². The molecule has 0 radical (unpaired) electrons. The van der Waals surface area contributed by atoms with Crippen molar-refractivity contribution in [1.82, 2.24) is 41.2 Å². The lowest BCUT2D eigenvalue weighted by atomic mass is 10.0. The fourth-order valence-corrected chi connectivity index (χ4v) is 6.19. The zero-order valence-corrected chi connectivity index (χ0v) is 43.6. The molecule has 2 heterocycles. The number of nitrogens with zero attached hydrogens (tertiary/aromatic N) is 4. The van der Waals surface area contributed by atoms with E-state index >= 15 is 0 Å². The normalized spacial score (nSPS) is 14.1. The first-order valence-corrected chi connectivity index (χ1v) is 24.1. The summed E-state index contributed by atoms with van der Waals surface area (Å²) in [5.74, 6) is -8.77. The average Bonchev–Trinajstić information content (AvgIpc) is 3.77. The number of nitrogens with one attached hydrogen (secondary N) is 4. The maximum atomic E-state index is 12.8. The van der Waals surface area contributed by atoms with E-state index in [1.165, 1.54) is 0 Å². The molecule has 2 unspecified atom stereocenters. The van der Waals surface area contributed by atoms with Crippen LogP contribution in [0.15, 0.2) is 0 Å². The van der Waals surface area contributed by atoms with Gasteiger partial charge >= 0.3 is 24.1 Å². The van der Waals surface area contributed by atoms with Crippen molar-refractivity contribution in [3.05, 3.63) is 0 Å². The summed E-state index contributed by atoms with van der Waals surface area (Å²) in [6.45, 7) is 11.6. The predicted molar refractivity (Wildman–Crippen MR) is 256 cm³/mol. The van der Waals surface area contributed by atoms with Crippen molar-refractivity contribution in [2.24, 2.45) is 23.3 Å². The lowest BCUT2D eigenvalue weighted by Gasteiger charge is -2.23. The molecule has 0 aromatic carbocycles. The number of primary amides is 2. The molecule has 12 amide bonds. The van der Waals surface area contributed by atoms with Crippen LogP contribution in [0.5, 0.6) is 0 Å². The molecule has 0 bridgehead atoms. The molecule has 0 aliphatic carbocycles. The maximum absolute atomic E-state index is 12.8. The number of carbonyl (C=O) groups excluding carboxylic acids is 14. The van der Waals surface area contributed by atoms with E-state index in [1.807, 2.05) is 0 Å². The second-order valence-electron chi connectivity index (χ2n) is 19.2. The van der Waals surface area contributed by atoms with E-state index < -0.39 is 95.7 Å². The number of carbonyl (C=O) groups is 14. The van der Waals surface area contributed by atoms with Crippen LogP contribution in [0.1, 0.15) is 132 Å². The Morgan fingerprint density at radius 3 is 1.11 bits per heavy atom. The Kier molecular flexibility index (Phi) is 27.9. The highest BCUT2D eigenvalue weighted by atomic mass is 16.7. The molecule has 2 aliphatic rings. The highest BCUT2D eigenvalue weighted by Crippen LogP contribution is 2.15. The van der Waals surface area contributed by atoms with Crippen molar-refractivity contribution in [2.45, 2.75) is 144 Å². The summed E-state index contributed by atoms with van der Waals surface area (Å²) in [6.07, 6.45) is 1.32. The number of amides is 12. The first kappa shape index (κ1) is 64.6. The van der Waals surface area contributed by atoms with Crippen molar-refractivity contribution in [2.75, 3.05) is 52.4 Å². The summed E-state index contributed by atoms with van der Waals surface area (Å²) < 4.78 is 10.2. The Morgan fingerprint density at radius 1 is 0.500 bits per heavy atom. The van der Waals surface area contributed by atoms with Crippen molar-refractivity contribution in [3.63, 3.8) is 0 Å². The minimum absolute atomic E-state index is 0.0242. The molecule has 2 aliphatic heterocycles. The zero-order valence-electron chi connectivity index (χ0n) is 43.6. The van der Waals surface area contributed by atoms with Crippen molar-refractivity contribution in [3.8, 4) is 0 Å². The first-order valence-electron chi connectivity index (χ1n) is 24.1. The number of hydrogen-bond donors (Lipinski definition) is 6. The summed E-state index contributed by atoms with van der Waals surface area (Å²) in [4.78, 5) is 178. The fraction of sp³-hybridized carbons (Fsp3) is 0.696. The van der Waals surface area contributed by atoms with Gasteiger partial charge in [-0.1, -0.05) is 26.7 Å². The molecule has 2 fully saturated rings. The molecule has 28 nitrogen and oxygen atoms in total. The third-order valence-electron chi connectivity index (χ3n) is 10.2. The zero-order chi connectivity index (χ0) is 56.3. The van der Waals surface area contributed by atoms with Crippen LogP contribution in [0, 0.1) is 11.8 Å². The second kappa shape index (κ2) is 31.9. The summed E-state index contributed by atoms with van der Waals surface area (Å²) >= 11 is 0. The van der Waals surface area contributed by atoms with Gasteiger partial charge in [-0.3, -0.25) is 47.9 Å². The SMILES string of the molecule is CC(C)(C)OC(=O)NCCC(=O)N(CC(=O)ON1C(=O)CCC1=O)CC(=O)ON1C(=O)CCC1=O.CC(CCCCNC(=O)CN(CC(=O)NCCCCC(C)C(N)=O)C(=O)CCNC(=O)OC(C)(C)C)C(N)=O. The molecule has 2 saturated heterocycles. The molecule has 28 heteroatoms. The van der Waals surface area contributed by atoms with Gasteiger partial charge in [0, 0.05) is 76.5 Å². The fourth-order valence-electron chi connectivity index (χ4n) is 6.19. The van der Waals surface area contributed by atoms with Crippen LogP contribution in [0.25, 0.3) is 0 Å². The Bertz CT molecular complexity index is 1920. The van der Waals surface area contributed by atoms with E-state index in [9.17, 15) is 67.1 Å². The van der Waals surface area contributed by atoms with Gasteiger partial charge in [-0.15, -0.1) is 10.1 Å². The van der Waals surface area contributed by atoms with Crippen molar-refractivity contribution in [1.29, 1.82) is 0 Å². The van der Waals surface area contributed by atoms with E-state index in [0.717, 1.165) is 4.90 Å². The summed E-state index contributed by atoms with van der Waals surface area (Å²) in [6, 6.07) is 0. The molecule has 2 rings (SSSR count). The first-order chi connectivity index (χ1) is 34.4. The highest BCUT2D eigenvalue weighted by Gasteiger charge is 2.36. The molecule has 0 aromatic heterocycles. The van der Waals surface area contributed by atoms with Gasteiger partial charge in [-0.2, -0.15) is 0 Å². The number of imide groups is 2. The van der Waals surface area contributed by atoms with Gasteiger partial charge in [0.2, 0.25) is 35.4 Å². The minimum atomic E-state index is -1.21. The topological polar surface area (TPSA) is 389 Å². The van der Waals surface area contributed by atoms with Crippen LogP contribution in [0.4, 0.5) is 9.59 Å². The lowest BCUT2D eigenvalue weighted by Crippen LogP contribution is -2.46. The highest BCUT2D eigenvalue weighted by molar-refractivity contribution is 6.02. The number of unbranched alkanes of at least 4 members (excludes halogenated alkanes) is 2. The van der Waals surface area contributed by atoms with Gasteiger partial charge in [-0.25, -0.2) is 19.2 Å². The Morgan fingerprint density at radius 2 is 0.811 bits per heavy atom. The molecule has 0 aromatic rings. The molecular weight excluding hydrogens is 981 g/mol. The smallest absolute Gasteiger partial charge is 0.407 e. The molecule has 416 valence electrons. The molecule has 0 spiro atoms. The molecule has 8 N–H and O–H groups in total. The Hall–Kier alpha value is -7.42. The molecular formula is C46H74N10O18. The average molecular weight is 1060 g/mol. The van der Waals surface area contributed by atoms with Crippen LogP contribution in [0.3, 0.4) is 0 Å². The van der Waals surface area contributed by atoms with E-state index in [2.05, 4.69) is 21.3 Å². The third kappa shape index (κ3) is 28.0. The van der Waals surface area contributed by atoms with Crippen LogP contribution in [-0.2, 0) is 76.7 Å². The maximum Gasteiger partial charge on any atom is 0.407 e. The molecule has 74 heavy (non-hydrogen) atoms. The number of hydroxylamine groups is 4. The van der Waals surface area contributed by atoms with Gasteiger partial charge in [0.05, 0.1) is 0 Å². The van der Waals surface area contributed by atoms with Gasteiger partial charge in [0.25, 0.3) is 23.6 Å². The number of hydrogen-bond acceptors (Lipinski definition) is 18. The summed E-state index contributed by atoms with van der Waals surface area (Å²) in [5, 5.41) is 10.8. The molecule has 0 saturated carbocycles.